The molecule has 1 amide bonds. The number of amides is 1. The summed E-state index contributed by atoms with van der Waals surface area (Å²) in [4.78, 5) is 12.8. The van der Waals surface area contributed by atoms with Gasteiger partial charge in [-0.3, -0.25) is 4.79 Å². The van der Waals surface area contributed by atoms with Gasteiger partial charge in [0, 0.05) is 27.8 Å². The molecular formula is C23H22Cl2N2O4S. The number of hydrogen-bond donors (Lipinski definition) is 1. The number of carbonyl (C=O) groups excluding carboxylic acids is 1. The van der Waals surface area contributed by atoms with Crippen LogP contribution >= 0.6 is 23.2 Å². The molecule has 0 aliphatic heterocycles. The first-order valence-corrected chi connectivity index (χ1v) is 11.8. The number of methoxy groups -OCH3 is 1. The van der Waals surface area contributed by atoms with Gasteiger partial charge >= 0.3 is 0 Å². The highest BCUT2D eigenvalue weighted by molar-refractivity contribution is 7.89. The zero-order valence-electron chi connectivity index (χ0n) is 17.5. The fourth-order valence-electron chi connectivity index (χ4n) is 2.98. The molecule has 0 heterocycles. The lowest BCUT2D eigenvalue weighted by Gasteiger charge is -2.23. The lowest BCUT2D eigenvalue weighted by molar-refractivity contribution is -0.116. The average molecular weight is 493 g/mol. The summed E-state index contributed by atoms with van der Waals surface area (Å²) < 4.78 is 32.9. The Hall–Kier alpha value is -2.58. The number of aryl methyl sites for hydroxylation is 1. The number of anilines is 1. The van der Waals surface area contributed by atoms with Crippen molar-refractivity contribution in [3.8, 4) is 5.75 Å². The third-order valence-corrected chi connectivity index (χ3v) is 7.26. The molecule has 0 bridgehead atoms. The van der Waals surface area contributed by atoms with Crippen molar-refractivity contribution in [2.75, 3.05) is 19.0 Å². The molecule has 1 N–H and O–H groups in total. The minimum Gasteiger partial charge on any atom is -0.497 e. The molecule has 168 valence electrons. The largest absolute Gasteiger partial charge is 0.497 e. The van der Waals surface area contributed by atoms with Crippen molar-refractivity contribution in [2.45, 2.75) is 18.4 Å². The standard InChI is InChI=1S/C23H22Cl2N2O4S/c1-16-6-12-19(13-7-16)32(29,30)27(14-20-21(24)4-3-5-22(20)25)15-23(28)26-17-8-10-18(31-2)11-9-17/h3-13H,14-15H2,1-2H3,(H,26,28). The van der Waals surface area contributed by atoms with Crippen LogP contribution < -0.4 is 10.1 Å². The van der Waals surface area contributed by atoms with Crippen molar-refractivity contribution in [1.29, 1.82) is 0 Å². The van der Waals surface area contributed by atoms with E-state index in [1.165, 1.54) is 12.1 Å². The smallest absolute Gasteiger partial charge is 0.243 e. The third-order valence-electron chi connectivity index (χ3n) is 4.75. The van der Waals surface area contributed by atoms with Crippen molar-refractivity contribution in [3.63, 3.8) is 0 Å². The Kier molecular flexibility index (Phi) is 7.79. The van der Waals surface area contributed by atoms with Gasteiger partial charge in [-0.1, -0.05) is 47.0 Å². The number of nitrogens with one attached hydrogen (secondary N) is 1. The lowest BCUT2D eigenvalue weighted by atomic mass is 10.2. The number of ether oxygens (including phenoxy) is 1. The van der Waals surface area contributed by atoms with Gasteiger partial charge in [0.1, 0.15) is 5.75 Å². The molecule has 3 aromatic rings. The second kappa shape index (κ2) is 10.4. The molecule has 0 unspecified atom stereocenters. The van der Waals surface area contributed by atoms with Crippen LogP contribution in [0.5, 0.6) is 5.75 Å². The van der Waals surface area contributed by atoms with Crippen molar-refractivity contribution in [2.24, 2.45) is 0 Å². The van der Waals surface area contributed by atoms with Crippen LogP contribution in [0.4, 0.5) is 5.69 Å². The predicted molar refractivity (Wildman–Crippen MR) is 127 cm³/mol. The highest BCUT2D eigenvalue weighted by atomic mass is 35.5. The van der Waals surface area contributed by atoms with Crippen molar-refractivity contribution < 1.29 is 17.9 Å². The van der Waals surface area contributed by atoms with Crippen LogP contribution in [0.2, 0.25) is 10.0 Å². The van der Waals surface area contributed by atoms with E-state index >= 15 is 0 Å². The molecule has 0 aromatic heterocycles. The van der Waals surface area contributed by atoms with Gasteiger partial charge in [0.15, 0.2) is 0 Å². The molecule has 0 radical (unpaired) electrons. The van der Waals surface area contributed by atoms with Crippen LogP contribution in [0.1, 0.15) is 11.1 Å². The summed E-state index contributed by atoms with van der Waals surface area (Å²) in [5.74, 6) is 0.133. The summed E-state index contributed by atoms with van der Waals surface area (Å²) in [7, 11) is -2.47. The van der Waals surface area contributed by atoms with E-state index in [1.54, 1.807) is 61.7 Å². The lowest BCUT2D eigenvalue weighted by Crippen LogP contribution is -2.37. The van der Waals surface area contributed by atoms with E-state index in [-0.39, 0.29) is 11.4 Å². The van der Waals surface area contributed by atoms with Crippen LogP contribution in [-0.2, 0) is 21.4 Å². The number of nitrogens with zero attached hydrogens (tertiary/aromatic N) is 1. The first kappa shape index (κ1) is 24.1. The number of sulfonamides is 1. The molecule has 0 saturated carbocycles. The first-order chi connectivity index (χ1) is 15.2. The summed E-state index contributed by atoms with van der Waals surface area (Å²) in [6, 6.07) is 18.0. The highest BCUT2D eigenvalue weighted by Crippen LogP contribution is 2.28. The molecule has 32 heavy (non-hydrogen) atoms. The molecule has 3 rings (SSSR count). The van der Waals surface area contributed by atoms with Gasteiger partial charge < -0.3 is 10.1 Å². The Bertz CT molecular complexity index is 1180. The van der Waals surface area contributed by atoms with Gasteiger partial charge in [0.25, 0.3) is 0 Å². The summed E-state index contributed by atoms with van der Waals surface area (Å²) in [5.41, 5.74) is 1.85. The summed E-state index contributed by atoms with van der Waals surface area (Å²) in [6.45, 7) is 1.27. The van der Waals surface area contributed by atoms with Crippen molar-refractivity contribution in [1.82, 2.24) is 4.31 Å². The first-order valence-electron chi connectivity index (χ1n) is 9.64. The fourth-order valence-corrected chi connectivity index (χ4v) is 4.86. The molecule has 0 fully saturated rings. The summed E-state index contributed by atoms with van der Waals surface area (Å²) >= 11 is 12.5. The van der Waals surface area contributed by atoms with E-state index < -0.39 is 22.5 Å². The average Bonchev–Trinajstić information content (AvgIpc) is 2.76. The SMILES string of the molecule is COc1ccc(NC(=O)CN(Cc2c(Cl)cccc2Cl)S(=O)(=O)c2ccc(C)cc2)cc1. The number of halogens is 2. The number of hydrogen-bond acceptors (Lipinski definition) is 4. The molecule has 0 atom stereocenters. The zero-order chi connectivity index (χ0) is 23.3. The molecule has 0 aliphatic rings. The van der Waals surface area contributed by atoms with Gasteiger partial charge in [-0.25, -0.2) is 8.42 Å². The van der Waals surface area contributed by atoms with Crippen LogP contribution in [-0.4, -0.2) is 32.3 Å². The summed E-state index contributed by atoms with van der Waals surface area (Å²) in [5, 5.41) is 3.34. The Labute approximate surface area is 197 Å². The highest BCUT2D eigenvalue weighted by Gasteiger charge is 2.28. The maximum atomic E-state index is 13.4. The number of rotatable bonds is 8. The Morgan fingerprint density at radius 2 is 1.56 bits per heavy atom. The van der Waals surface area contributed by atoms with Gasteiger partial charge in [-0.15, -0.1) is 0 Å². The maximum Gasteiger partial charge on any atom is 0.243 e. The minimum atomic E-state index is -4.01. The minimum absolute atomic E-state index is 0.0727. The molecule has 3 aromatic carbocycles. The van der Waals surface area contributed by atoms with E-state index in [9.17, 15) is 13.2 Å². The van der Waals surface area contributed by atoms with E-state index in [0.717, 1.165) is 9.87 Å². The van der Waals surface area contributed by atoms with E-state index in [2.05, 4.69) is 5.32 Å². The van der Waals surface area contributed by atoms with Crippen molar-refractivity contribution >= 4 is 44.8 Å². The second-order valence-corrected chi connectivity index (χ2v) is 9.82. The van der Waals surface area contributed by atoms with Crippen LogP contribution in [0, 0.1) is 6.92 Å². The molecular weight excluding hydrogens is 471 g/mol. The fraction of sp³-hybridized carbons (Fsp3) is 0.174. The van der Waals surface area contributed by atoms with Crippen molar-refractivity contribution in [3.05, 3.63) is 87.9 Å². The molecule has 0 aliphatic carbocycles. The molecule has 9 heteroatoms. The monoisotopic (exact) mass is 492 g/mol. The van der Waals surface area contributed by atoms with Crippen LogP contribution in [0.15, 0.2) is 71.6 Å². The number of benzene rings is 3. The van der Waals surface area contributed by atoms with Gasteiger partial charge in [-0.2, -0.15) is 4.31 Å². The Balaban J connectivity index is 1.90. The molecule has 0 saturated heterocycles. The third kappa shape index (κ3) is 5.81. The van der Waals surface area contributed by atoms with E-state index in [0.29, 0.717) is 27.0 Å². The molecule has 6 nitrogen and oxygen atoms in total. The van der Waals surface area contributed by atoms with Gasteiger partial charge in [0.05, 0.1) is 18.6 Å². The zero-order valence-corrected chi connectivity index (χ0v) is 19.8. The second-order valence-electron chi connectivity index (χ2n) is 7.06. The quantitative estimate of drug-likeness (QED) is 0.472. The predicted octanol–water partition coefficient (Wildman–Crippen LogP) is 5.14. The Morgan fingerprint density at radius 1 is 0.969 bits per heavy atom. The maximum absolute atomic E-state index is 13.4. The van der Waals surface area contributed by atoms with Gasteiger partial charge in [0.2, 0.25) is 15.9 Å². The topological polar surface area (TPSA) is 75.7 Å². The summed E-state index contributed by atoms with van der Waals surface area (Å²) in [6.07, 6.45) is 0. The van der Waals surface area contributed by atoms with E-state index in [1.807, 2.05) is 6.92 Å². The van der Waals surface area contributed by atoms with Crippen LogP contribution in [0.3, 0.4) is 0 Å². The normalized spacial score (nSPS) is 11.4. The Morgan fingerprint density at radius 3 is 2.12 bits per heavy atom. The van der Waals surface area contributed by atoms with Gasteiger partial charge in [-0.05, 0) is 55.5 Å². The molecule has 0 spiro atoms. The van der Waals surface area contributed by atoms with Crippen LogP contribution in [0.25, 0.3) is 0 Å². The number of carbonyl (C=O) groups is 1. The van der Waals surface area contributed by atoms with E-state index in [4.69, 9.17) is 27.9 Å².